The third kappa shape index (κ3) is 3.33. The molecule has 1 aromatic heterocycles. The van der Waals surface area contributed by atoms with E-state index in [1.54, 1.807) is 12.3 Å². The standard InChI is InChI=1S/C21H20N4O2/c1-2-19-18(12-23-25(19)13-14-6-4-3-5-7-14)21(27)24-16-9-8-15-11-22-20(26)17(15)10-16/h3-10,12H,2,11,13H2,1H3,(H,22,26)(H,24,27). The Hall–Kier alpha value is -3.41. The molecule has 0 saturated heterocycles. The molecule has 0 unspecified atom stereocenters. The molecule has 3 aromatic rings. The Morgan fingerprint density at radius 2 is 2.04 bits per heavy atom. The van der Waals surface area contributed by atoms with Gasteiger partial charge < -0.3 is 10.6 Å². The Labute approximate surface area is 157 Å². The smallest absolute Gasteiger partial charge is 0.259 e. The van der Waals surface area contributed by atoms with E-state index in [-0.39, 0.29) is 11.8 Å². The van der Waals surface area contributed by atoms with Gasteiger partial charge in [-0.2, -0.15) is 5.10 Å². The molecule has 0 aliphatic carbocycles. The van der Waals surface area contributed by atoms with Gasteiger partial charge in [-0.05, 0) is 29.7 Å². The molecule has 136 valence electrons. The molecule has 6 nitrogen and oxygen atoms in total. The van der Waals surface area contributed by atoms with E-state index < -0.39 is 0 Å². The highest BCUT2D eigenvalue weighted by molar-refractivity contribution is 6.06. The van der Waals surface area contributed by atoms with Crippen LogP contribution >= 0.6 is 0 Å². The fourth-order valence-electron chi connectivity index (χ4n) is 3.35. The molecule has 2 N–H and O–H groups in total. The van der Waals surface area contributed by atoms with Crippen LogP contribution in [0.4, 0.5) is 5.69 Å². The maximum Gasteiger partial charge on any atom is 0.259 e. The van der Waals surface area contributed by atoms with Crippen LogP contribution in [-0.2, 0) is 19.5 Å². The second-order valence-electron chi connectivity index (χ2n) is 6.51. The lowest BCUT2D eigenvalue weighted by atomic mass is 10.1. The predicted molar refractivity (Wildman–Crippen MR) is 103 cm³/mol. The Morgan fingerprint density at radius 3 is 2.81 bits per heavy atom. The van der Waals surface area contributed by atoms with Crippen LogP contribution in [0.3, 0.4) is 0 Å². The van der Waals surface area contributed by atoms with Gasteiger partial charge in [-0.1, -0.05) is 43.3 Å². The average Bonchev–Trinajstić information content (AvgIpc) is 3.26. The number of aromatic nitrogens is 2. The van der Waals surface area contributed by atoms with Crippen LogP contribution in [0, 0.1) is 0 Å². The number of carbonyl (C=O) groups is 2. The highest BCUT2D eigenvalue weighted by atomic mass is 16.2. The molecule has 4 rings (SSSR count). The third-order valence-corrected chi connectivity index (χ3v) is 4.76. The molecule has 1 aliphatic rings. The Kier molecular flexibility index (Phi) is 4.46. The van der Waals surface area contributed by atoms with Crippen molar-refractivity contribution in [3.05, 3.63) is 82.7 Å². The summed E-state index contributed by atoms with van der Waals surface area (Å²) in [7, 11) is 0. The number of benzene rings is 2. The number of hydrogen-bond donors (Lipinski definition) is 2. The number of carbonyl (C=O) groups excluding carboxylic acids is 2. The maximum absolute atomic E-state index is 12.8. The molecule has 2 aromatic carbocycles. The summed E-state index contributed by atoms with van der Waals surface area (Å²) in [6.07, 6.45) is 2.30. The third-order valence-electron chi connectivity index (χ3n) is 4.76. The van der Waals surface area contributed by atoms with Gasteiger partial charge in [-0.15, -0.1) is 0 Å². The van der Waals surface area contributed by atoms with Crippen LogP contribution in [0.1, 0.15) is 44.5 Å². The van der Waals surface area contributed by atoms with Crippen LogP contribution in [0.2, 0.25) is 0 Å². The van der Waals surface area contributed by atoms with Crippen LogP contribution in [0.15, 0.2) is 54.7 Å². The topological polar surface area (TPSA) is 76.0 Å². The summed E-state index contributed by atoms with van der Waals surface area (Å²) in [4.78, 5) is 24.6. The summed E-state index contributed by atoms with van der Waals surface area (Å²) in [5, 5.41) is 10.1. The van der Waals surface area contributed by atoms with E-state index in [0.29, 0.717) is 36.3 Å². The van der Waals surface area contributed by atoms with Gasteiger partial charge in [0.15, 0.2) is 0 Å². The molecule has 0 saturated carbocycles. The monoisotopic (exact) mass is 360 g/mol. The number of nitrogens with zero attached hydrogens (tertiary/aromatic N) is 2. The summed E-state index contributed by atoms with van der Waals surface area (Å²) in [5.74, 6) is -0.324. The van der Waals surface area contributed by atoms with E-state index >= 15 is 0 Å². The summed E-state index contributed by atoms with van der Waals surface area (Å²) in [6, 6.07) is 15.4. The van der Waals surface area contributed by atoms with Gasteiger partial charge in [0.25, 0.3) is 11.8 Å². The first-order valence-electron chi connectivity index (χ1n) is 8.96. The minimum Gasteiger partial charge on any atom is -0.348 e. The maximum atomic E-state index is 12.8. The number of rotatable bonds is 5. The zero-order valence-electron chi connectivity index (χ0n) is 15.0. The minimum atomic E-state index is -0.218. The zero-order valence-corrected chi connectivity index (χ0v) is 15.0. The lowest BCUT2D eigenvalue weighted by Crippen LogP contribution is -2.15. The van der Waals surface area contributed by atoms with E-state index in [1.165, 1.54) is 0 Å². The van der Waals surface area contributed by atoms with Crippen molar-refractivity contribution in [2.45, 2.75) is 26.4 Å². The van der Waals surface area contributed by atoms with Crippen LogP contribution < -0.4 is 10.6 Å². The van der Waals surface area contributed by atoms with Crippen LogP contribution in [-0.4, -0.2) is 21.6 Å². The molecular formula is C21H20N4O2. The van der Waals surface area contributed by atoms with Gasteiger partial charge in [-0.25, -0.2) is 0 Å². The van der Waals surface area contributed by atoms with E-state index in [4.69, 9.17) is 0 Å². The number of amides is 2. The Balaban J connectivity index is 1.56. The fourth-order valence-corrected chi connectivity index (χ4v) is 3.35. The van der Waals surface area contributed by atoms with Crippen LogP contribution in [0.25, 0.3) is 0 Å². The van der Waals surface area contributed by atoms with Crippen molar-refractivity contribution in [1.82, 2.24) is 15.1 Å². The Morgan fingerprint density at radius 1 is 1.22 bits per heavy atom. The van der Waals surface area contributed by atoms with E-state index in [1.807, 2.05) is 54.1 Å². The van der Waals surface area contributed by atoms with Crippen molar-refractivity contribution in [1.29, 1.82) is 0 Å². The molecule has 2 amide bonds. The summed E-state index contributed by atoms with van der Waals surface area (Å²) < 4.78 is 1.86. The molecule has 0 bridgehead atoms. The molecule has 1 aliphatic heterocycles. The minimum absolute atomic E-state index is 0.106. The first-order valence-corrected chi connectivity index (χ1v) is 8.96. The summed E-state index contributed by atoms with van der Waals surface area (Å²) >= 11 is 0. The number of hydrogen-bond acceptors (Lipinski definition) is 3. The first-order chi connectivity index (χ1) is 13.2. The van der Waals surface area contributed by atoms with Gasteiger partial charge in [0.1, 0.15) is 0 Å². The van der Waals surface area contributed by atoms with Crippen molar-refractivity contribution in [3.8, 4) is 0 Å². The van der Waals surface area contributed by atoms with Gasteiger partial charge >= 0.3 is 0 Å². The molecular weight excluding hydrogens is 340 g/mol. The van der Waals surface area contributed by atoms with E-state index in [2.05, 4.69) is 15.7 Å². The zero-order chi connectivity index (χ0) is 18.8. The largest absolute Gasteiger partial charge is 0.348 e. The van der Waals surface area contributed by atoms with Crippen molar-refractivity contribution in [2.75, 3.05) is 5.32 Å². The van der Waals surface area contributed by atoms with Crippen molar-refractivity contribution in [2.24, 2.45) is 0 Å². The van der Waals surface area contributed by atoms with Gasteiger partial charge in [-0.3, -0.25) is 14.3 Å². The second kappa shape index (κ2) is 7.07. The molecule has 0 spiro atoms. The van der Waals surface area contributed by atoms with Crippen molar-refractivity contribution in [3.63, 3.8) is 0 Å². The first kappa shape index (κ1) is 17.0. The average molecular weight is 360 g/mol. The summed E-state index contributed by atoms with van der Waals surface area (Å²) in [5.41, 5.74) is 4.74. The summed E-state index contributed by atoms with van der Waals surface area (Å²) in [6.45, 7) is 3.17. The molecule has 0 atom stereocenters. The van der Waals surface area contributed by atoms with Gasteiger partial charge in [0.2, 0.25) is 0 Å². The molecule has 0 fully saturated rings. The molecule has 6 heteroatoms. The van der Waals surface area contributed by atoms with Crippen molar-refractivity contribution >= 4 is 17.5 Å². The highest BCUT2D eigenvalue weighted by Gasteiger charge is 2.21. The van der Waals surface area contributed by atoms with Crippen LogP contribution in [0.5, 0.6) is 0 Å². The van der Waals surface area contributed by atoms with Gasteiger partial charge in [0, 0.05) is 17.8 Å². The molecule has 0 radical (unpaired) electrons. The lowest BCUT2D eigenvalue weighted by Gasteiger charge is -2.09. The fraction of sp³-hybridized carbons (Fsp3) is 0.190. The van der Waals surface area contributed by atoms with Crippen molar-refractivity contribution < 1.29 is 9.59 Å². The normalized spacial score (nSPS) is 12.6. The number of anilines is 1. The SMILES string of the molecule is CCc1c(C(=O)Nc2ccc3c(c2)C(=O)NC3)cnn1Cc1ccccc1. The number of fused-ring (bicyclic) bond motifs is 1. The second-order valence-corrected chi connectivity index (χ2v) is 6.51. The highest BCUT2D eigenvalue weighted by Crippen LogP contribution is 2.21. The van der Waals surface area contributed by atoms with E-state index in [0.717, 1.165) is 16.8 Å². The Bertz CT molecular complexity index is 1010. The molecule has 27 heavy (non-hydrogen) atoms. The van der Waals surface area contributed by atoms with E-state index in [9.17, 15) is 9.59 Å². The molecule has 2 heterocycles. The number of nitrogens with one attached hydrogen (secondary N) is 2. The lowest BCUT2D eigenvalue weighted by molar-refractivity contribution is 0.0964. The van der Waals surface area contributed by atoms with Gasteiger partial charge in [0.05, 0.1) is 24.0 Å². The predicted octanol–water partition coefficient (Wildman–Crippen LogP) is 2.99. The quantitative estimate of drug-likeness (QED) is 0.734.